The van der Waals surface area contributed by atoms with Crippen LogP contribution in [-0.2, 0) is 9.84 Å². The molecule has 0 amide bonds. The number of hydrogen-bond acceptors (Lipinski definition) is 2. The lowest BCUT2D eigenvalue weighted by atomic mass is 10.1. The van der Waals surface area contributed by atoms with Gasteiger partial charge in [-0.25, -0.2) is 12.8 Å². The van der Waals surface area contributed by atoms with Gasteiger partial charge in [0.15, 0.2) is 9.84 Å². The summed E-state index contributed by atoms with van der Waals surface area (Å²) in [7, 11) is -3.36. The summed E-state index contributed by atoms with van der Waals surface area (Å²) in [5.41, 5.74) is 1.13. The van der Waals surface area contributed by atoms with Crippen molar-refractivity contribution < 1.29 is 12.8 Å². The molecule has 88 valence electrons. The van der Waals surface area contributed by atoms with Crippen LogP contribution in [0.25, 0.3) is 11.1 Å². The summed E-state index contributed by atoms with van der Waals surface area (Å²) in [5, 5.41) is 0. The van der Waals surface area contributed by atoms with Crippen molar-refractivity contribution in [2.24, 2.45) is 0 Å². The van der Waals surface area contributed by atoms with Crippen molar-refractivity contribution in [2.45, 2.75) is 4.90 Å². The van der Waals surface area contributed by atoms with Gasteiger partial charge in [-0.2, -0.15) is 0 Å². The van der Waals surface area contributed by atoms with E-state index in [1.54, 1.807) is 24.3 Å². The SMILES string of the molecule is CS(=O)(=O)c1ccc(-c2ccccc2)c(F)c1. The van der Waals surface area contributed by atoms with Crippen molar-refractivity contribution in [3.8, 4) is 11.1 Å². The molecule has 17 heavy (non-hydrogen) atoms. The molecule has 2 nitrogen and oxygen atoms in total. The maximum absolute atomic E-state index is 13.8. The maximum Gasteiger partial charge on any atom is 0.175 e. The fraction of sp³-hybridized carbons (Fsp3) is 0.0769. The van der Waals surface area contributed by atoms with E-state index in [0.717, 1.165) is 17.9 Å². The highest BCUT2D eigenvalue weighted by Crippen LogP contribution is 2.24. The number of halogens is 1. The van der Waals surface area contributed by atoms with Crippen molar-refractivity contribution in [1.29, 1.82) is 0 Å². The van der Waals surface area contributed by atoms with E-state index in [1.165, 1.54) is 12.1 Å². The van der Waals surface area contributed by atoms with Crippen LogP contribution in [0.5, 0.6) is 0 Å². The van der Waals surface area contributed by atoms with Crippen LogP contribution in [0, 0.1) is 5.82 Å². The van der Waals surface area contributed by atoms with Crippen molar-refractivity contribution in [3.63, 3.8) is 0 Å². The predicted molar refractivity (Wildman–Crippen MR) is 64.9 cm³/mol. The minimum atomic E-state index is -3.36. The van der Waals surface area contributed by atoms with E-state index in [1.807, 2.05) is 6.07 Å². The Hall–Kier alpha value is -1.68. The minimum Gasteiger partial charge on any atom is -0.224 e. The van der Waals surface area contributed by atoms with E-state index in [-0.39, 0.29) is 4.90 Å². The number of rotatable bonds is 2. The fourth-order valence-corrected chi connectivity index (χ4v) is 2.21. The van der Waals surface area contributed by atoms with Crippen LogP contribution in [0.4, 0.5) is 4.39 Å². The van der Waals surface area contributed by atoms with Gasteiger partial charge in [0.1, 0.15) is 5.82 Å². The van der Waals surface area contributed by atoms with Crippen LogP contribution in [-0.4, -0.2) is 14.7 Å². The van der Waals surface area contributed by atoms with E-state index in [2.05, 4.69) is 0 Å². The molecule has 0 unspecified atom stereocenters. The Labute approximate surface area is 99.6 Å². The summed E-state index contributed by atoms with van der Waals surface area (Å²) in [4.78, 5) is -0.00492. The van der Waals surface area contributed by atoms with Gasteiger partial charge in [-0.15, -0.1) is 0 Å². The second kappa shape index (κ2) is 4.30. The number of benzene rings is 2. The molecule has 0 aliphatic heterocycles. The first-order valence-electron chi connectivity index (χ1n) is 5.03. The smallest absolute Gasteiger partial charge is 0.175 e. The molecule has 0 fully saturated rings. The standard InChI is InChI=1S/C13H11FO2S/c1-17(15,16)11-7-8-12(13(14)9-11)10-5-3-2-4-6-10/h2-9H,1H3. The molecule has 0 heterocycles. The zero-order chi connectivity index (χ0) is 12.5. The third kappa shape index (κ3) is 2.53. The van der Waals surface area contributed by atoms with E-state index >= 15 is 0 Å². The van der Waals surface area contributed by atoms with Gasteiger partial charge in [-0.05, 0) is 17.7 Å². The molecule has 0 aliphatic rings. The minimum absolute atomic E-state index is 0.00492. The van der Waals surface area contributed by atoms with Gasteiger partial charge >= 0.3 is 0 Å². The van der Waals surface area contributed by atoms with Gasteiger partial charge in [0.2, 0.25) is 0 Å². The Balaban J connectivity index is 2.54. The largest absolute Gasteiger partial charge is 0.224 e. The fourth-order valence-electron chi connectivity index (χ4n) is 1.58. The van der Waals surface area contributed by atoms with Gasteiger partial charge in [-0.1, -0.05) is 36.4 Å². The third-order valence-corrected chi connectivity index (χ3v) is 3.56. The van der Waals surface area contributed by atoms with Crippen LogP contribution >= 0.6 is 0 Å². The van der Waals surface area contributed by atoms with Crippen molar-refractivity contribution in [2.75, 3.05) is 6.26 Å². The lowest BCUT2D eigenvalue weighted by Gasteiger charge is -2.05. The van der Waals surface area contributed by atoms with E-state index < -0.39 is 15.7 Å². The van der Waals surface area contributed by atoms with E-state index in [9.17, 15) is 12.8 Å². The molecule has 4 heteroatoms. The Kier molecular flexibility index (Phi) is 2.98. The molecule has 0 N–H and O–H groups in total. The van der Waals surface area contributed by atoms with Gasteiger partial charge in [0, 0.05) is 11.8 Å². The van der Waals surface area contributed by atoms with Crippen LogP contribution in [0.1, 0.15) is 0 Å². The second-order valence-electron chi connectivity index (χ2n) is 3.78. The molecule has 0 saturated carbocycles. The van der Waals surface area contributed by atoms with Crippen molar-refractivity contribution >= 4 is 9.84 Å². The molecule has 0 aromatic heterocycles. The van der Waals surface area contributed by atoms with Gasteiger partial charge in [0.05, 0.1) is 4.90 Å². The van der Waals surface area contributed by atoms with E-state index in [4.69, 9.17) is 0 Å². The lowest BCUT2D eigenvalue weighted by molar-refractivity contribution is 0.596. The van der Waals surface area contributed by atoms with Crippen molar-refractivity contribution in [3.05, 3.63) is 54.3 Å². The summed E-state index contributed by atoms with van der Waals surface area (Å²) in [6.45, 7) is 0. The van der Waals surface area contributed by atoms with Crippen LogP contribution < -0.4 is 0 Å². The molecule has 0 atom stereocenters. The van der Waals surface area contributed by atoms with Crippen molar-refractivity contribution in [1.82, 2.24) is 0 Å². The Morgan fingerprint density at radius 3 is 2.18 bits per heavy atom. The summed E-state index contributed by atoms with van der Waals surface area (Å²) < 4.78 is 36.3. The first-order chi connectivity index (χ1) is 7.98. The average Bonchev–Trinajstić information content (AvgIpc) is 2.29. The van der Waals surface area contributed by atoms with Gasteiger partial charge < -0.3 is 0 Å². The third-order valence-electron chi connectivity index (χ3n) is 2.45. The maximum atomic E-state index is 13.8. The highest BCUT2D eigenvalue weighted by molar-refractivity contribution is 7.90. The molecule has 2 aromatic rings. The van der Waals surface area contributed by atoms with Crippen LogP contribution in [0.3, 0.4) is 0 Å². The van der Waals surface area contributed by atoms with E-state index in [0.29, 0.717) is 5.56 Å². The highest BCUT2D eigenvalue weighted by atomic mass is 32.2. The topological polar surface area (TPSA) is 34.1 Å². The monoisotopic (exact) mass is 250 g/mol. The zero-order valence-electron chi connectivity index (χ0n) is 9.22. The molecular formula is C13H11FO2S. The second-order valence-corrected chi connectivity index (χ2v) is 5.80. The molecular weight excluding hydrogens is 239 g/mol. The molecule has 0 radical (unpaired) electrons. The Morgan fingerprint density at radius 1 is 1.00 bits per heavy atom. The van der Waals surface area contributed by atoms with Gasteiger partial charge in [-0.3, -0.25) is 0 Å². The normalized spacial score (nSPS) is 11.4. The summed E-state index contributed by atoms with van der Waals surface area (Å²) in [6.07, 6.45) is 1.06. The average molecular weight is 250 g/mol. The predicted octanol–water partition coefficient (Wildman–Crippen LogP) is 2.90. The van der Waals surface area contributed by atoms with Crippen LogP contribution in [0.15, 0.2) is 53.4 Å². The summed E-state index contributed by atoms with van der Waals surface area (Å²) in [5.74, 6) is -0.529. The Morgan fingerprint density at radius 2 is 1.65 bits per heavy atom. The quantitative estimate of drug-likeness (QED) is 0.821. The first-order valence-corrected chi connectivity index (χ1v) is 6.92. The summed E-state index contributed by atoms with van der Waals surface area (Å²) >= 11 is 0. The first kappa shape index (κ1) is 11.8. The highest BCUT2D eigenvalue weighted by Gasteiger charge is 2.11. The molecule has 0 aliphatic carbocycles. The lowest BCUT2D eigenvalue weighted by Crippen LogP contribution is -1.98. The summed E-state index contributed by atoms with van der Waals surface area (Å²) in [6, 6.07) is 13.0. The number of hydrogen-bond donors (Lipinski definition) is 0. The molecule has 0 saturated heterocycles. The molecule has 0 bridgehead atoms. The Bertz CT molecular complexity index is 634. The zero-order valence-corrected chi connectivity index (χ0v) is 10.0. The number of sulfone groups is 1. The molecule has 2 rings (SSSR count). The van der Waals surface area contributed by atoms with Gasteiger partial charge in [0.25, 0.3) is 0 Å². The molecule has 0 spiro atoms. The van der Waals surface area contributed by atoms with Crippen LogP contribution in [0.2, 0.25) is 0 Å². The molecule has 2 aromatic carbocycles.